The SMILES string of the molecule is Cn1cccc1C(=O)NS(=O)(=O)c1cccc(F)c1. The Bertz CT molecular complexity index is 722. The van der Waals surface area contributed by atoms with E-state index in [2.05, 4.69) is 0 Å². The molecule has 0 saturated heterocycles. The van der Waals surface area contributed by atoms with Crippen molar-refractivity contribution in [3.63, 3.8) is 0 Å². The van der Waals surface area contributed by atoms with E-state index in [0.29, 0.717) is 0 Å². The number of sulfonamides is 1. The maximum absolute atomic E-state index is 13.0. The summed E-state index contributed by atoms with van der Waals surface area (Å²) in [6.07, 6.45) is 1.61. The van der Waals surface area contributed by atoms with E-state index in [4.69, 9.17) is 0 Å². The molecule has 0 aliphatic rings. The number of carbonyl (C=O) groups excluding carboxylic acids is 1. The van der Waals surface area contributed by atoms with Crippen molar-refractivity contribution in [3.05, 3.63) is 54.1 Å². The van der Waals surface area contributed by atoms with Gasteiger partial charge in [-0.15, -0.1) is 0 Å². The Labute approximate surface area is 109 Å². The van der Waals surface area contributed by atoms with Crippen molar-refractivity contribution in [2.24, 2.45) is 7.05 Å². The molecule has 0 spiro atoms. The van der Waals surface area contributed by atoms with Gasteiger partial charge in [-0.2, -0.15) is 0 Å². The Balaban J connectivity index is 2.28. The number of hydrogen-bond donors (Lipinski definition) is 1. The highest BCUT2D eigenvalue weighted by Gasteiger charge is 2.20. The largest absolute Gasteiger partial charge is 0.347 e. The van der Waals surface area contributed by atoms with Crippen LogP contribution in [0.3, 0.4) is 0 Å². The smallest absolute Gasteiger partial charge is 0.281 e. The van der Waals surface area contributed by atoms with Crippen LogP contribution in [0, 0.1) is 5.82 Å². The van der Waals surface area contributed by atoms with Gasteiger partial charge in [0.25, 0.3) is 15.9 Å². The van der Waals surface area contributed by atoms with Gasteiger partial charge in [0.2, 0.25) is 0 Å². The van der Waals surface area contributed by atoms with Crippen molar-refractivity contribution in [3.8, 4) is 0 Å². The third-order valence-corrected chi connectivity index (χ3v) is 3.84. The van der Waals surface area contributed by atoms with Crippen molar-refractivity contribution in [2.45, 2.75) is 4.90 Å². The summed E-state index contributed by atoms with van der Waals surface area (Å²) < 4.78 is 40.1. The van der Waals surface area contributed by atoms with Crippen molar-refractivity contribution in [1.29, 1.82) is 0 Å². The van der Waals surface area contributed by atoms with Crippen molar-refractivity contribution < 1.29 is 17.6 Å². The van der Waals surface area contributed by atoms with Gasteiger partial charge in [0.1, 0.15) is 11.5 Å². The first-order chi connectivity index (χ1) is 8.90. The molecule has 0 bridgehead atoms. The van der Waals surface area contributed by atoms with E-state index in [1.54, 1.807) is 19.3 Å². The van der Waals surface area contributed by atoms with Crippen molar-refractivity contribution >= 4 is 15.9 Å². The van der Waals surface area contributed by atoms with Crippen LogP contribution >= 0.6 is 0 Å². The number of nitrogens with one attached hydrogen (secondary N) is 1. The molecule has 1 aromatic heterocycles. The highest BCUT2D eigenvalue weighted by Crippen LogP contribution is 2.11. The maximum Gasteiger partial charge on any atom is 0.281 e. The van der Waals surface area contributed by atoms with Gasteiger partial charge in [-0.1, -0.05) is 6.07 Å². The van der Waals surface area contributed by atoms with Gasteiger partial charge in [0.15, 0.2) is 0 Å². The van der Waals surface area contributed by atoms with Crippen LogP contribution in [0.15, 0.2) is 47.5 Å². The number of hydrogen-bond acceptors (Lipinski definition) is 3. The fourth-order valence-corrected chi connectivity index (χ4v) is 2.56. The summed E-state index contributed by atoms with van der Waals surface area (Å²) in [7, 11) is -2.46. The number of carbonyl (C=O) groups is 1. The molecule has 2 rings (SSSR count). The van der Waals surface area contributed by atoms with Crippen LogP contribution in [0.4, 0.5) is 4.39 Å². The summed E-state index contributed by atoms with van der Waals surface area (Å²) in [5, 5.41) is 0. The summed E-state index contributed by atoms with van der Waals surface area (Å²) in [4.78, 5) is 11.5. The van der Waals surface area contributed by atoms with E-state index in [9.17, 15) is 17.6 Å². The Hall–Kier alpha value is -2.15. The third kappa shape index (κ3) is 2.82. The number of aryl methyl sites for hydroxylation is 1. The van der Waals surface area contributed by atoms with Gasteiger partial charge < -0.3 is 4.57 Å². The molecule has 2 aromatic rings. The molecule has 1 N–H and O–H groups in total. The van der Waals surface area contributed by atoms with Gasteiger partial charge in [-0.25, -0.2) is 17.5 Å². The third-order valence-electron chi connectivity index (χ3n) is 2.51. The zero-order valence-corrected chi connectivity index (χ0v) is 10.8. The Kier molecular flexibility index (Phi) is 3.39. The minimum absolute atomic E-state index is 0.194. The molecule has 0 unspecified atom stereocenters. The monoisotopic (exact) mass is 282 g/mol. The highest BCUT2D eigenvalue weighted by molar-refractivity contribution is 7.90. The Morgan fingerprint density at radius 2 is 2.00 bits per heavy atom. The fourth-order valence-electron chi connectivity index (χ4n) is 1.56. The summed E-state index contributed by atoms with van der Waals surface area (Å²) >= 11 is 0. The van der Waals surface area contributed by atoms with Crippen molar-refractivity contribution in [2.75, 3.05) is 0 Å². The van der Waals surface area contributed by atoms with Crippen LogP contribution in [-0.4, -0.2) is 18.9 Å². The number of rotatable bonds is 3. The lowest BCUT2D eigenvalue weighted by Gasteiger charge is -2.07. The lowest BCUT2D eigenvalue weighted by atomic mass is 10.4. The molecule has 0 fully saturated rings. The minimum atomic E-state index is -4.08. The first-order valence-corrected chi connectivity index (χ1v) is 6.82. The summed E-state index contributed by atoms with van der Waals surface area (Å²) in [6, 6.07) is 7.54. The molecular weight excluding hydrogens is 271 g/mol. The van der Waals surface area contributed by atoms with E-state index in [1.165, 1.54) is 22.8 Å². The van der Waals surface area contributed by atoms with Gasteiger partial charge in [0, 0.05) is 13.2 Å². The topological polar surface area (TPSA) is 68.2 Å². The molecule has 0 saturated carbocycles. The Morgan fingerprint density at radius 3 is 2.58 bits per heavy atom. The molecule has 0 aliphatic carbocycles. The molecule has 19 heavy (non-hydrogen) atoms. The average Bonchev–Trinajstić information content (AvgIpc) is 2.75. The van der Waals surface area contributed by atoms with Crippen LogP contribution < -0.4 is 4.72 Å². The average molecular weight is 282 g/mol. The molecule has 100 valence electrons. The van der Waals surface area contributed by atoms with Crippen LogP contribution in [0.1, 0.15) is 10.5 Å². The molecule has 5 nitrogen and oxygen atoms in total. The second kappa shape index (κ2) is 4.85. The lowest BCUT2D eigenvalue weighted by Crippen LogP contribution is -2.31. The van der Waals surface area contributed by atoms with E-state index >= 15 is 0 Å². The molecular formula is C12H11FN2O3S. The van der Waals surface area contributed by atoms with Crippen LogP contribution in [0.25, 0.3) is 0 Å². The lowest BCUT2D eigenvalue weighted by molar-refractivity contribution is 0.0973. The molecule has 0 radical (unpaired) electrons. The normalized spacial score (nSPS) is 11.3. The molecule has 0 aliphatic heterocycles. The molecule has 1 heterocycles. The summed E-state index contributed by atoms with van der Waals surface area (Å²) in [6.45, 7) is 0. The van der Waals surface area contributed by atoms with E-state index in [0.717, 1.165) is 12.1 Å². The number of amides is 1. The minimum Gasteiger partial charge on any atom is -0.347 e. The molecule has 7 heteroatoms. The molecule has 1 amide bonds. The second-order valence-corrected chi connectivity index (χ2v) is 5.58. The first kappa shape index (κ1) is 13.3. The number of benzene rings is 1. The van der Waals surface area contributed by atoms with E-state index in [1.807, 2.05) is 4.72 Å². The predicted molar refractivity (Wildman–Crippen MR) is 66.5 cm³/mol. The number of aromatic nitrogens is 1. The van der Waals surface area contributed by atoms with Gasteiger partial charge in [0.05, 0.1) is 4.90 Å². The van der Waals surface area contributed by atoms with Crippen LogP contribution in [0.2, 0.25) is 0 Å². The van der Waals surface area contributed by atoms with Gasteiger partial charge in [-0.05, 0) is 30.3 Å². The molecule has 0 atom stereocenters. The molecule has 1 aromatic carbocycles. The Morgan fingerprint density at radius 1 is 1.26 bits per heavy atom. The van der Waals surface area contributed by atoms with E-state index in [-0.39, 0.29) is 10.6 Å². The van der Waals surface area contributed by atoms with E-state index < -0.39 is 21.7 Å². The van der Waals surface area contributed by atoms with Gasteiger partial charge >= 0.3 is 0 Å². The van der Waals surface area contributed by atoms with Crippen molar-refractivity contribution in [1.82, 2.24) is 9.29 Å². The first-order valence-electron chi connectivity index (χ1n) is 5.34. The zero-order chi connectivity index (χ0) is 14.0. The fraction of sp³-hybridized carbons (Fsp3) is 0.0833. The standard InChI is InChI=1S/C12H11FN2O3S/c1-15-7-3-6-11(15)12(16)14-19(17,18)10-5-2-4-9(13)8-10/h2-8H,1H3,(H,14,16). The summed E-state index contributed by atoms with van der Waals surface area (Å²) in [5.41, 5.74) is 0.194. The predicted octanol–water partition coefficient (Wildman–Crippen LogP) is 1.28. The highest BCUT2D eigenvalue weighted by atomic mass is 32.2. The maximum atomic E-state index is 13.0. The number of nitrogens with zero attached hydrogens (tertiary/aromatic N) is 1. The van der Waals surface area contributed by atoms with Crippen LogP contribution in [0.5, 0.6) is 0 Å². The quantitative estimate of drug-likeness (QED) is 0.922. The zero-order valence-electron chi connectivity index (χ0n) is 10.00. The number of halogens is 1. The summed E-state index contributed by atoms with van der Waals surface area (Å²) in [5.74, 6) is -1.45. The van der Waals surface area contributed by atoms with Gasteiger partial charge in [-0.3, -0.25) is 4.79 Å². The second-order valence-electron chi connectivity index (χ2n) is 3.90. The van der Waals surface area contributed by atoms with Crippen LogP contribution in [-0.2, 0) is 17.1 Å².